The van der Waals surface area contributed by atoms with Crippen molar-refractivity contribution < 1.29 is 4.79 Å². The average Bonchev–Trinajstić information content (AvgIpc) is 2.43. The summed E-state index contributed by atoms with van der Waals surface area (Å²) in [6.07, 6.45) is 3.43. The van der Waals surface area contributed by atoms with Gasteiger partial charge in [0.2, 0.25) is 0 Å². The lowest BCUT2D eigenvalue weighted by Crippen LogP contribution is -2.41. The van der Waals surface area contributed by atoms with Crippen LogP contribution >= 0.6 is 0 Å². The van der Waals surface area contributed by atoms with Gasteiger partial charge in [0.15, 0.2) is 0 Å². The van der Waals surface area contributed by atoms with Crippen molar-refractivity contribution in [3.05, 3.63) is 36.0 Å². The first kappa shape index (κ1) is 12.9. The molecule has 104 valence electrons. The summed E-state index contributed by atoms with van der Waals surface area (Å²) >= 11 is 0. The number of pyridine rings is 1. The number of hydrogen-bond acceptors (Lipinski definition) is 3. The van der Waals surface area contributed by atoms with Crippen molar-refractivity contribution in [1.29, 1.82) is 0 Å². The number of carbonyl (C=O) groups is 1. The molecule has 4 nitrogen and oxygen atoms in total. The molecule has 1 heterocycles. The van der Waals surface area contributed by atoms with Crippen LogP contribution in [0, 0.1) is 0 Å². The standard InChI is InChI=1S/C16H19N3O/c1-17-14-10-15(16(20)19(2)11-6-5-7-11)18-13-9-4-3-8-12(13)14/h3-4,8-11H,5-7H2,1-2H3,(H,17,18). The largest absolute Gasteiger partial charge is 0.388 e. The number of amides is 1. The maximum Gasteiger partial charge on any atom is 0.272 e. The van der Waals surface area contributed by atoms with Crippen LogP contribution in [0.3, 0.4) is 0 Å². The van der Waals surface area contributed by atoms with E-state index in [1.165, 1.54) is 6.42 Å². The molecule has 20 heavy (non-hydrogen) atoms. The molecular weight excluding hydrogens is 250 g/mol. The molecule has 0 unspecified atom stereocenters. The highest BCUT2D eigenvalue weighted by molar-refractivity contribution is 5.99. The van der Waals surface area contributed by atoms with Crippen LogP contribution in [-0.4, -0.2) is 35.9 Å². The number of aromatic nitrogens is 1. The molecule has 0 bridgehead atoms. The van der Waals surface area contributed by atoms with E-state index in [2.05, 4.69) is 10.3 Å². The molecule has 2 aromatic rings. The monoisotopic (exact) mass is 269 g/mol. The van der Waals surface area contributed by atoms with Gasteiger partial charge in [-0.15, -0.1) is 0 Å². The van der Waals surface area contributed by atoms with Crippen molar-refractivity contribution in [1.82, 2.24) is 9.88 Å². The van der Waals surface area contributed by atoms with Gasteiger partial charge < -0.3 is 10.2 Å². The van der Waals surface area contributed by atoms with Gasteiger partial charge in [-0.05, 0) is 31.4 Å². The summed E-state index contributed by atoms with van der Waals surface area (Å²) in [6, 6.07) is 10.1. The van der Waals surface area contributed by atoms with Crippen LogP contribution in [0.5, 0.6) is 0 Å². The van der Waals surface area contributed by atoms with Crippen molar-refractivity contribution in [2.24, 2.45) is 0 Å². The predicted octanol–water partition coefficient (Wildman–Crippen LogP) is 2.90. The van der Waals surface area contributed by atoms with Gasteiger partial charge in [-0.25, -0.2) is 4.98 Å². The third kappa shape index (κ3) is 2.11. The molecule has 0 saturated heterocycles. The van der Waals surface area contributed by atoms with E-state index in [9.17, 15) is 4.79 Å². The number of benzene rings is 1. The van der Waals surface area contributed by atoms with E-state index >= 15 is 0 Å². The first-order valence-electron chi connectivity index (χ1n) is 7.05. The minimum absolute atomic E-state index is 0.0111. The fourth-order valence-electron chi connectivity index (χ4n) is 2.61. The van der Waals surface area contributed by atoms with E-state index < -0.39 is 0 Å². The average molecular weight is 269 g/mol. The Labute approximate surface area is 118 Å². The van der Waals surface area contributed by atoms with Crippen LogP contribution in [0.1, 0.15) is 29.8 Å². The minimum Gasteiger partial charge on any atom is -0.388 e. The zero-order valence-electron chi connectivity index (χ0n) is 11.9. The lowest BCUT2D eigenvalue weighted by Gasteiger charge is -2.34. The summed E-state index contributed by atoms with van der Waals surface area (Å²) in [5.74, 6) is 0.0111. The van der Waals surface area contributed by atoms with E-state index in [1.54, 1.807) is 0 Å². The van der Waals surface area contributed by atoms with Crippen LogP contribution in [0.25, 0.3) is 10.9 Å². The fraction of sp³-hybridized carbons (Fsp3) is 0.375. The van der Waals surface area contributed by atoms with Crippen LogP contribution in [0.15, 0.2) is 30.3 Å². The molecule has 1 amide bonds. The zero-order valence-corrected chi connectivity index (χ0v) is 11.9. The molecule has 0 radical (unpaired) electrons. The van der Waals surface area contributed by atoms with Crippen molar-refractivity contribution in [2.45, 2.75) is 25.3 Å². The Hall–Kier alpha value is -2.10. The van der Waals surface area contributed by atoms with Crippen molar-refractivity contribution in [3.8, 4) is 0 Å². The van der Waals surface area contributed by atoms with Gasteiger partial charge in [0, 0.05) is 31.2 Å². The first-order valence-corrected chi connectivity index (χ1v) is 7.05. The van der Waals surface area contributed by atoms with Gasteiger partial charge in [0.25, 0.3) is 5.91 Å². The minimum atomic E-state index is 0.0111. The Kier molecular flexibility index (Phi) is 3.30. The molecule has 1 N–H and O–H groups in total. The van der Waals surface area contributed by atoms with E-state index in [4.69, 9.17) is 0 Å². The predicted molar refractivity (Wildman–Crippen MR) is 81.0 cm³/mol. The quantitative estimate of drug-likeness (QED) is 0.932. The number of nitrogens with zero attached hydrogens (tertiary/aromatic N) is 2. The lowest BCUT2D eigenvalue weighted by molar-refractivity contribution is 0.0646. The van der Waals surface area contributed by atoms with Gasteiger partial charge in [-0.3, -0.25) is 4.79 Å². The molecule has 0 spiro atoms. The highest BCUT2D eigenvalue weighted by Gasteiger charge is 2.27. The van der Waals surface area contributed by atoms with E-state index in [1.807, 2.05) is 49.3 Å². The van der Waals surface area contributed by atoms with Gasteiger partial charge >= 0.3 is 0 Å². The molecule has 0 atom stereocenters. The topological polar surface area (TPSA) is 45.2 Å². The summed E-state index contributed by atoms with van der Waals surface area (Å²) in [5.41, 5.74) is 2.31. The third-order valence-electron chi connectivity index (χ3n) is 4.15. The molecule has 1 fully saturated rings. The summed E-state index contributed by atoms with van der Waals surface area (Å²) in [7, 11) is 3.74. The summed E-state index contributed by atoms with van der Waals surface area (Å²) in [6.45, 7) is 0. The van der Waals surface area contributed by atoms with Gasteiger partial charge in [-0.1, -0.05) is 18.2 Å². The molecule has 1 aromatic heterocycles. The molecule has 1 aromatic carbocycles. The molecule has 0 aliphatic heterocycles. The number of carbonyl (C=O) groups excluding carboxylic acids is 1. The van der Waals surface area contributed by atoms with E-state index in [-0.39, 0.29) is 5.91 Å². The second-order valence-electron chi connectivity index (χ2n) is 5.32. The summed E-state index contributed by atoms with van der Waals surface area (Å²) in [4.78, 5) is 18.9. The van der Waals surface area contributed by atoms with Gasteiger partial charge in [0.1, 0.15) is 5.69 Å². The fourth-order valence-corrected chi connectivity index (χ4v) is 2.61. The third-order valence-corrected chi connectivity index (χ3v) is 4.15. The Morgan fingerprint density at radius 2 is 2.10 bits per heavy atom. The molecule has 4 heteroatoms. The van der Waals surface area contributed by atoms with Crippen molar-refractivity contribution >= 4 is 22.5 Å². The smallest absolute Gasteiger partial charge is 0.272 e. The number of anilines is 1. The molecular formula is C16H19N3O. The molecule has 1 saturated carbocycles. The maximum atomic E-state index is 12.5. The number of hydrogen-bond donors (Lipinski definition) is 1. The maximum absolute atomic E-state index is 12.5. The number of para-hydroxylation sites is 1. The lowest BCUT2D eigenvalue weighted by atomic mass is 9.91. The van der Waals surface area contributed by atoms with E-state index in [0.717, 1.165) is 29.4 Å². The second-order valence-corrected chi connectivity index (χ2v) is 5.32. The normalized spacial score (nSPS) is 14.9. The SMILES string of the molecule is CNc1cc(C(=O)N(C)C2CCC2)nc2ccccc12. The molecule has 1 aliphatic carbocycles. The highest BCUT2D eigenvalue weighted by atomic mass is 16.2. The van der Waals surface area contributed by atoms with Crippen molar-refractivity contribution in [2.75, 3.05) is 19.4 Å². The number of fused-ring (bicyclic) bond motifs is 1. The van der Waals surface area contributed by atoms with E-state index in [0.29, 0.717) is 11.7 Å². The van der Waals surface area contributed by atoms with Crippen LogP contribution < -0.4 is 5.32 Å². The Morgan fingerprint density at radius 3 is 2.75 bits per heavy atom. The van der Waals surface area contributed by atoms with Gasteiger partial charge in [0.05, 0.1) is 5.52 Å². The second kappa shape index (κ2) is 5.12. The summed E-state index contributed by atoms with van der Waals surface area (Å²) in [5, 5.41) is 4.19. The Balaban J connectivity index is 2.00. The highest BCUT2D eigenvalue weighted by Crippen LogP contribution is 2.27. The number of nitrogens with one attached hydrogen (secondary N) is 1. The van der Waals surface area contributed by atoms with Crippen LogP contribution in [0.4, 0.5) is 5.69 Å². The summed E-state index contributed by atoms with van der Waals surface area (Å²) < 4.78 is 0. The number of rotatable bonds is 3. The Morgan fingerprint density at radius 1 is 1.35 bits per heavy atom. The van der Waals surface area contributed by atoms with Crippen LogP contribution in [-0.2, 0) is 0 Å². The van der Waals surface area contributed by atoms with Crippen molar-refractivity contribution in [3.63, 3.8) is 0 Å². The molecule has 3 rings (SSSR count). The van der Waals surface area contributed by atoms with Gasteiger partial charge in [-0.2, -0.15) is 0 Å². The van der Waals surface area contributed by atoms with Crippen LogP contribution in [0.2, 0.25) is 0 Å². The molecule has 1 aliphatic rings. The zero-order chi connectivity index (χ0) is 14.1. The first-order chi connectivity index (χ1) is 9.70. The Bertz CT molecular complexity index is 649.